The lowest BCUT2D eigenvalue weighted by atomic mass is 10.0. The van der Waals surface area contributed by atoms with Gasteiger partial charge in [-0.15, -0.1) is 0 Å². The molecule has 0 radical (unpaired) electrons. The first kappa shape index (κ1) is 19.8. The summed E-state index contributed by atoms with van der Waals surface area (Å²) in [6.45, 7) is 0. The lowest BCUT2D eigenvalue weighted by Gasteiger charge is -2.12. The van der Waals surface area contributed by atoms with Gasteiger partial charge in [-0.05, 0) is 30.3 Å². The van der Waals surface area contributed by atoms with Gasteiger partial charge < -0.3 is 0 Å². The van der Waals surface area contributed by atoms with Crippen LogP contribution in [0.15, 0.2) is 108 Å². The zero-order chi connectivity index (χ0) is 22.0. The highest BCUT2D eigenvalue weighted by atomic mass is 32.2. The van der Waals surface area contributed by atoms with E-state index in [1.807, 2.05) is 60.7 Å². The standard InChI is InChI=1S/C25H18N4O2S/c30-32(31,29-23-13-7-8-16-26-23)20-14-15-21-22(17-20)28-25(19-11-5-2-6-12-19)24(27-21)18-9-3-1-4-10-18/h1-17H,(H,26,29). The largest absolute Gasteiger partial charge is 0.263 e. The maximum atomic E-state index is 12.9. The number of rotatable bonds is 5. The van der Waals surface area contributed by atoms with Crippen LogP contribution in [-0.4, -0.2) is 23.4 Å². The van der Waals surface area contributed by atoms with E-state index in [2.05, 4.69) is 9.71 Å². The van der Waals surface area contributed by atoms with Crippen LogP contribution in [0.25, 0.3) is 33.5 Å². The van der Waals surface area contributed by atoms with Gasteiger partial charge in [0.15, 0.2) is 0 Å². The number of hydrogen-bond acceptors (Lipinski definition) is 5. The zero-order valence-electron chi connectivity index (χ0n) is 16.9. The number of nitrogens with one attached hydrogen (secondary N) is 1. The molecule has 0 atom stereocenters. The molecule has 0 aliphatic heterocycles. The van der Waals surface area contributed by atoms with Crippen molar-refractivity contribution in [2.45, 2.75) is 4.90 Å². The smallest absolute Gasteiger partial charge is 0.263 e. The monoisotopic (exact) mass is 438 g/mol. The highest BCUT2D eigenvalue weighted by Crippen LogP contribution is 2.31. The van der Waals surface area contributed by atoms with Gasteiger partial charge in [-0.2, -0.15) is 0 Å². The molecule has 5 aromatic rings. The Kier molecular flexibility index (Phi) is 5.09. The first-order valence-corrected chi connectivity index (χ1v) is 11.4. The average Bonchev–Trinajstić information content (AvgIpc) is 2.84. The first-order chi connectivity index (χ1) is 15.6. The summed E-state index contributed by atoms with van der Waals surface area (Å²) in [5.41, 5.74) is 4.38. The predicted molar refractivity (Wildman–Crippen MR) is 125 cm³/mol. The number of benzene rings is 3. The van der Waals surface area contributed by atoms with E-state index in [0.29, 0.717) is 16.7 Å². The van der Waals surface area contributed by atoms with Crippen LogP contribution in [0.3, 0.4) is 0 Å². The summed E-state index contributed by atoms with van der Waals surface area (Å²) < 4.78 is 28.3. The normalized spacial score (nSPS) is 11.4. The van der Waals surface area contributed by atoms with Gasteiger partial charge in [-0.3, -0.25) is 4.72 Å². The van der Waals surface area contributed by atoms with E-state index in [1.165, 1.54) is 18.3 Å². The van der Waals surface area contributed by atoms with Crippen LogP contribution in [0.1, 0.15) is 0 Å². The third-order valence-corrected chi connectivity index (χ3v) is 6.30. The van der Waals surface area contributed by atoms with Crippen LogP contribution in [0.5, 0.6) is 0 Å². The third-order valence-electron chi connectivity index (χ3n) is 4.94. The van der Waals surface area contributed by atoms with Crippen molar-refractivity contribution in [1.29, 1.82) is 0 Å². The SMILES string of the molecule is O=S(=O)(Nc1ccccn1)c1ccc2nc(-c3ccccc3)c(-c3ccccc3)nc2c1. The van der Waals surface area contributed by atoms with Gasteiger partial charge in [-0.25, -0.2) is 23.4 Å². The predicted octanol–water partition coefficient (Wildman–Crippen LogP) is 5.16. The van der Waals surface area contributed by atoms with Gasteiger partial charge in [0.1, 0.15) is 5.82 Å². The molecule has 6 nitrogen and oxygen atoms in total. The molecule has 2 aromatic heterocycles. The number of hydrogen-bond donors (Lipinski definition) is 1. The number of pyridine rings is 1. The molecule has 0 aliphatic rings. The molecule has 0 amide bonds. The fourth-order valence-corrected chi connectivity index (χ4v) is 4.44. The highest BCUT2D eigenvalue weighted by Gasteiger charge is 2.18. The molecule has 0 fully saturated rings. The zero-order valence-corrected chi connectivity index (χ0v) is 17.7. The van der Waals surface area contributed by atoms with E-state index in [1.54, 1.807) is 24.3 Å². The van der Waals surface area contributed by atoms with E-state index >= 15 is 0 Å². The molecule has 156 valence electrons. The van der Waals surface area contributed by atoms with Crippen LogP contribution in [0.2, 0.25) is 0 Å². The van der Waals surface area contributed by atoms with Crippen molar-refractivity contribution in [2.24, 2.45) is 0 Å². The van der Waals surface area contributed by atoms with Gasteiger partial charge in [0.05, 0.1) is 27.3 Å². The van der Waals surface area contributed by atoms with Gasteiger partial charge in [0.25, 0.3) is 10.0 Å². The maximum absolute atomic E-state index is 12.9. The Labute approximate surface area is 185 Å². The topological polar surface area (TPSA) is 84.8 Å². The van der Waals surface area contributed by atoms with Crippen molar-refractivity contribution in [3.8, 4) is 22.5 Å². The lowest BCUT2D eigenvalue weighted by Crippen LogP contribution is -2.13. The molecular formula is C25H18N4O2S. The molecule has 0 aliphatic carbocycles. The Morgan fingerprint density at radius 3 is 1.81 bits per heavy atom. The van der Waals surface area contributed by atoms with Gasteiger partial charge in [0, 0.05) is 17.3 Å². The summed E-state index contributed by atoms with van der Waals surface area (Å²) in [5.74, 6) is 0.253. The second kappa shape index (κ2) is 8.20. The molecule has 7 heteroatoms. The van der Waals surface area contributed by atoms with Gasteiger partial charge in [-0.1, -0.05) is 66.7 Å². The van der Waals surface area contributed by atoms with Crippen molar-refractivity contribution in [2.75, 3.05) is 4.72 Å². The molecule has 32 heavy (non-hydrogen) atoms. The fraction of sp³-hybridized carbons (Fsp3) is 0. The number of nitrogens with zero attached hydrogens (tertiary/aromatic N) is 3. The van der Waals surface area contributed by atoms with Crippen molar-refractivity contribution in [3.05, 3.63) is 103 Å². The molecule has 0 spiro atoms. The molecular weight excluding hydrogens is 420 g/mol. The van der Waals surface area contributed by atoms with E-state index in [9.17, 15) is 8.42 Å². The van der Waals surface area contributed by atoms with Gasteiger partial charge >= 0.3 is 0 Å². The van der Waals surface area contributed by atoms with Gasteiger partial charge in [0.2, 0.25) is 0 Å². The third kappa shape index (κ3) is 3.93. The van der Waals surface area contributed by atoms with E-state index < -0.39 is 10.0 Å². The summed E-state index contributed by atoms with van der Waals surface area (Å²) in [5, 5.41) is 0. The van der Waals surface area contributed by atoms with E-state index in [0.717, 1.165) is 16.8 Å². The molecule has 5 rings (SSSR count). The Balaban J connectivity index is 1.65. The summed E-state index contributed by atoms with van der Waals surface area (Å²) >= 11 is 0. The van der Waals surface area contributed by atoms with Crippen molar-refractivity contribution in [1.82, 2.24) is 15.0 Å². The molecule has 1 N–H and O–H groups in total. The molecule has 3 aromatic carbocycles. The summed E-state index contributed by atoms with van der Waals surface area (Å²) in [4.78, 5) is 13.8. The van der Waals surface area contributed by atoms with Crippen LogP contribution in [-0.2, 0) is 10.0 Å². The van der Waals surface area contributed by atoms with Crippen LogP contribution < -0.4 is 4.72 Å². The quantitative estimate of drug-likeness (QED) is 0.410. The Bertz CT molecular complexity index is 1490. The summed E-state index contributed by atoms with van der Waals surface area (Å²) in [6, 6.07) is 29.3. The maximum Gasteiger partial charge on any atom is 0.263 e. The van der Waals surface area contributed by atoms with Crippen LogP contribution >= 0.6 is 0 Å². The van der Waals surface area contributed by atoms with Crippen molar-refractivity contribution >= 4 is 26.9 Å². The lowest BCUT2D eigenvalue weighted by molar-refractivity contribution is 0.601. The van der Waals surface area contributed by atoms with Crippen molar-refractivity contribution in [3.63, 3.8) is 0 Å². The Morgan fingerprint density at radius 1 is 0.625 bits per heavy atom. The minimum atomic E-state index is -3.82. The second-order valence-corrected chi connectivity index (χ2v) is 8.81. The highest BCUT2D eigenvalue weighted by molar-refractivity contribution is 7.92. The number of aromatic nitrogens is 3. The van der Waals surface area contributed by atoms with E-state index in [4.69, 9.17) is 9.97 Å². The Morgan fingerprint density at radius 2 is 1.22 bits per heavy atom. The molecule has 2 heterocycles. The number of anilines is 1. The molecule has 0 saturated heterocycles. The average molecular weight is 439 g/mol. The van der Waals surface area contributed by atoms with Crippen LogP contribution in [0, 0.1) is 0 Å². The molecule has 0 bridgehead atoms. The summed E-state index contributed by atoms with van der Waals surface area (Å²) in [7, 11) is -3.82. The van der Waals surface area contributed by atoms with Crippen molar-refractivity contribution < 1.29 is 8.42 Å². The second-order valence-electron chi connectivity index (χ2n) is 7.12. The number of fused-ring (bicyclic) bond motifs is 1. The van der Waals surface area contributed by atoms with E-state index in [-0.39, 0.29) is 10.7 Å². The Hall–Kier alpha value is -4.10. The molecule has 0 unspecified atom stereocenters. The minimum absolute atomic E-state index is 0.0939. The summed E-state index contributed by atoms with van der Waals surface area (Å²) in [6.07, 6.45) is 1.53. The number of sulfonamides is 1. The first-order valence-electron chi connectivity index (χ1n) is 9.97. The van der Waals surface area contributed by atoms with Crippen LogP contribution in [0.4, 0.5) is 5.82 Å². The minimum Gasteiger partial charge on any atom is -0.263 e. The molecule has 0 saturated carbocycles. The fourth-order valence-electron chi connectivity index (χ4n) is 3.42.